The third-order valence-electron chi connectivity index (χ3n) is 6.92. The summed E-state index contributed by atoms with van der Waals surface area (Å²) < 4.78 is 14.4. The van der Waals surface area contributed by atoms with Crippen LogP contribution in [0.1, 0.15) is 71.4 Å². The highest BCUT2D eigenvalue weighted by molar-refractivity contribution is 8.00. The first-order valence-corrected chi connectivity index (χ1v) is 14.4. The maximum absolute atomic E-state index is 14.3. The molecule has 196 valence electrons. The summed E-state index contributed by atoms with van der Waals surface area (Å²) in [5.74, 6) is 1.23. The van der Waals surface area contributed by atoms with Gasteiger partial charge in [0.25, 0.3) is 0 Å². The second kappa shape index (κ2) is 12.4. The number of benzene rings is 2. The van der Waals surface area contributed by atoms with Gasteiger partial charge in [-0.05, 0) is 67.9 Å². The van der Waals surface area contributed by atoms with Gasteiger partial charge in [0.1, 0.15) is 5.82 Å². The molecule has 3 atom stereocenters. The maximum Gasteiger partial charge on any atom is 0.229 e. The molecule has 0 bridgehead atoms. The molecule has 2 aromatic rings. The van der Waals surface area contributed by atoms with E-state index in [1.165, 1.54) is 18.9 Å². The average Bonchev–Trinajstić information content (AvgIpc) is 3.65. The second-order valence-corrected chi connectivity index (χ2v) is 13.8. The summed E-state index contributed by atoms with van der Waals surface area (Å²) in [6.45, 7) is 12.6. The van der Waals surface area contributed by atoms with E-state index in [1.807, 2.05) is 54.2 Å². The van der Waals surface area contributed by atoms with Gasteiger partial charge in [-0.3, -0.25) is 4.79 Å². The van der Waals surface area contributed by atoms with Gasteiger partial charge in [-0.15, -0.1) is 6.58 Å². The molecule has 0 radical (unpaired) electrons. The molecule has 1 saturated carbocycles. The van der Waals surface area contributed by atoms with Gasteiger partial charge in [0.2, 0.25) is 5.91 Å². The third kappa shape index (κ3) is 7.76. The number of carbonyl (C=O) groups is 1. The van der Waals surface area contributed by atoms with Gasteiger partial charge in [0.05, 0.1) is 16.5 Å². The lowest BCUT2D eigenvalue weighted by Gasteiger charge is -2.48. The van der Waals surface area contributed by atoms with Gasteiger partial charge < -0.3 is 4.90 Å². The minimum absolute atomic E-state index is 0.0988. The van der Waals surface area contributed by atoms with Crippen molar-refractivity contribution in [1.82, 2.24) is 4.90 Å². The van der Waals surface area contributed by atoms with Crippen LogP contribution in [-0.4, -0.2) is 27.3 Å². The van der Waals surface area contributed by atoms with E-state index in [0.29, 0.717) is 12.3 Å². The van der Waals surface area contributed by atoms with Crippen molar-refractivity contribution in [3.05, 3.63) is 82.6 Å². The number of piperidine rings is 1. The molecular weight excluding hydrogens is 512 g/mol. The molecule has 2 aliphatic rings. The van der Waals surface area contributed by atoms with Gasteiger partial charge in [0, 0.05) is 21.6 Å². The van der Waals surface area contributed by atoms with Crippen LogP contribution in [0.15, 0.2) is 61.2 Å². The molecule has 2 unspecified atom stereocenters. The van der Waals surface area contributed by atoms with Crippen LogP contribution < -0.4 is 0 Å². The van der Waals surface area contributed by atoms with E-state index in [1.54, 1.807) is 6.07 Å². The molecule has 2 aromatic carbocycles. The normalized spacial score (nSPS) is 23.0. The van der Waals surface area contributed by atoms with Crippen LogP contribution in [0.5, 0.6) is 0 Å². The maximum atomic E-state index is 14.3. The lowest BCUT2D eigenvalue weighted by molar-refractivity contribution is -0.152. The molecule has 36 heavy (non-hydrogen) atoms. The molecule has 1 amide bonds. The standard InChI is InChI=1S/C24H33ClFNOS.C6H5Cl/c1-6-12-24(5)13-11-20(17-9-10-18(25)19(26)14-17)27(22(24)28)21(16-7-8-16)15-29-23(2,3)4;7-6-4-2-1-3-5-6/h6,9-10,14,16,20-21H,1,7-8,11-13,15H2,2-5H3;1-5H/t20?,21?,24-;/m0./s1. The molecule has 0 aromatic heterocycles. The topological polar surface area (TPSA) is 20.3 Å². The Morgan fingerprint density at radius 1 is 1.17 bits per heavy atom. The van der Waals surface area contributed by atoms with Crippen LogP contribution in [0.4, 0.5) is 4.39 Å². The molecular formula is C30H38Cl2FNOS. The fourth-order valence-electron chi connectivity index (χ4n) is 4.77. The van der Waals surface area contributed by atoms with Crippen molar-refractivity contribution in [3.63, 3.8) is 0 Å². The largest absolute Gasteiger partial charge is 0.331 e. The van der Waals surface area contributed by atoms with Gasteiger partial charge in [-0.25, -0.2) is 4.39 Å². The molecule has 0 spiro atoms. The van der Waals surface area contributed by atoms with Crippen molar-refractivity contribution in [2.24, 2.45) is 11.3 Å². The number of allylic oxidation sites excluding steroid dienone is 1. The van der Waals surface area contributed by atoms with E-state index in [0.717, 1.165) is 29.2 Å². The number of hydrogen-bond acceptors (Lipinski definition) is 2. The van der Waals surface area contributed by atoms with E-state index < -0.39 is 11.2 Å². The quantitative estimate of drug-likeness (QED) is 0.320. The summed E-state index contributed by atoms with van der Waals surface area (Å²) in [6, 6.07) is 14.5. The number of hydrogen-bond donors (Lipinski definition) is 0. The fourth-order valence-corrected chi connectivity index (χ4v) is 6.13. The van der Waals surface area contributed by atoms with Gasteiger partial charge >= 0.3 is 0 Å². The first-order chi connectivity index (χ1) is 16.9. The number of halogens is 3. The van der Waals surface area contributed by atoms with E-state index >= 15 is 0 Å². The Labute approximate surface area is 230 Å². The number of likely N-dealkylation sites (tertiary alicyclic amines) is 1. The van der Waals surface area contributed by atoms with Crippen LogP contribution in [0.3, 0.4) is 0 Å². The van der Waals surface area contributed by atoms with Crippen LogP contribution in [0, 0.1) is 17.2 Å². The van der Waals surface area contributed by atoms with Crippen molar-refractivity contribution in [1.29, 1.82) is 0 Å². The van der Waals surface area contributed by atoms with Crippen LogP contribution >= 0.6 is 35.0 Å². The molecule has 2 fully saturated rings. The molecule has 1 heterocycles. The van der Waals surface area contributed by atoms with Crippen molar-refractivity contribution in [2.45, 2.75) is 76.6 Å². The smallest absolute Gasteiger partial charge is 0.229 e. The first kappa shape index (κ1) is 29.1. The summed E-state index contributed by atoms with van der Waals surface area (Å²) in [5.41, 5.74) is 0.426. The Bertz CT molecular complexity index is 1040. The van der Waals surface area contributed by atoms with E-state index in [4.69, 9.17) is 23.2 Å². The molecule has 1 saturated heterocycles. The fraction of sp³-hybridized carbons (Fsp3) is 0.500. The Hall–Kier alpha value is -1.49. The zero-order valence-corrected chi connectivity index (χ0v) is 24.1. The van der Waals surface area contributed by atoms with Crippen LogP contribution in [-0.2, 0) is 4.79 Å². The number of thioether (sulfide) groups is 1. The Morgan fingerprint density at radius 3 is 2.33 bits per heavy atom. The minimum atomic E-state index is -0.428. The SMILES string of the molecule is C=CC[C@@]1(C)CCC(c2ccc(Cl)c(F)c2)N(C(CSC(C)(C)C)C2CC2)C1=O.Clc1ccccc1. The summed E-state index contributed by atoms with van der Waals surface area (Å²) in [5, 5.41) is 0.920. The predicted molar refractivity (Wildman–Crippen MR) is 153 cm³/mol. The van der Waals surface area contributed by atoms with Crippen LogP contribution in [0.2, 0.25) is 10.0 Å². The molecule has 1 aliphatic heterocycles. The Balaban J connectivity index is 0.000000444. The van der Waals surface area contributed by atoms with Crippen molar-refractivity contribution in [3.8, 4) is 0 Å². The molecule has 2 nitrogen and oxygen atoms in total. The average molecular weight is 551 g/mol. The lowest BCUT2D eigenvalue weighted by atomic mass is 9.74. The molecule has 1 aliphatic carbocycles. The summed E-state index contributed by atoms with van der Waals surface area (Å²) in [6.07, 6.45) is 6.48. The van der Waals surface area contributed by atoms with Crippen molar-refractivity contribution in [2.75, 3.05) is 5.75 Å². The lowest BCUT2D eigenvalue weighted by Crippen LogP contribution is -2.54. The molecule has 4 rings (SSSR count). The van der Waals surface area contributed by atoms with Gasteiger partial charge in [0.15, 0.2) is 0 Å². The number of amides is 1. The minimum Gasteiger partial charge on any atom is -0.331 e. The number of rotatable bonds is 7. The predicted octanol–water partition coefficient (Wildman–Crippen LogP) is 9.38. The van der Waals surface area contributed by atoms with Crippen molar-refractivity contribution >= 4 is 40.9 Å². The van der Waals surface area contributed by atoms with E-state index in [9.17, 15) is 9.18 Å². The highest BCUT2D eigenvalue weighted by Gasteiger charge is 2.49. The summed E-state index contributed by atoms with van der Waals surface area (Å²) in [4.78, 5) is 15.9. The number of nitrogens with zero attached hydrogens (tertiary/aromatic N) is 1. The van der Waals surface area contributed by atoms with E-state index in [2.05, 4.69) is 39.2 Å². The summed E-state index contributed by atoms with van der Waals surface area (Å²) in [7, 11) is 0. The zero-order chi connectivity index (χ0) is 26.5. The third-order valence-corrected chi connectivity index (χ3v) is 8.86. The van der Waals surface area contributed by atoms with Crippen LogP contribution in [0.25, 0.3) is 0 Å². The van der Waals surface area contributed by atoms with Gasteiger partial charge in [-0.2, -0.15) is 11.8 Å². The monoisotopic (exact) mass is 549 g/mol. The highest BCUT2D eigenvalue weighted by atomic mass is 35.5. The number of carbonyl (C=O) groups excluding carboxylic acids is 1. The van der Waals surface area contributed by atoms with Crippen molar-refractivity contribution < 1.29 is 9.18 Å². The summed E-state index contributed by atoms with van der Waals surface area (Å²) >= 11 is 13.4. The molecule has 6 heteroatoms. The van der Waals surface area contributed by atoms with Gasteiger partial charge in [-0.1, -0.05) is 81.2 Å². The zero-order valence-electron chi connectivity index (χ0n) is 21.8. The molecule has 0 N–H and O–H groups in total. The first-order valence-electron chi connectivity index (χ1n) is 12.7. The highest BCUT2D eigenvalue weighted by Crippen LogP contribution is 2.49. The van der Waals surface area contributed by atoms with E-state index in [-0.39, 0.29) is 27.8 Å². The Kier molecular flexibility index (Phi) is 9.99. The second-order valence-electron chi connectivity index (χ2n) is 11.1. The Morgan fingerprint density at radius 2 is 1.83 bits per heavy atom.